The molecule has 0 aromatic heterocycles. The van der Waals surface area contributed by atoms with Gasteiger partial charge in [0.15, 0.2) is 0 Å². The molecule has 0 amide bonds. The van der Waals surface area contributed by atoms with E-state index >= 15 is 0 Å². The summed E-state index contributed by atoms with van der Waals surface area (Å²) < 4.78 is 0. The topological polar surface area (TPSA) is 41.5 Å². The number of nitrogens with zero attached hydrogens (tertiary/aromatic N) is 1. The third-order valence-corrected chi connectivity index (χ3v) is 4.42. The van der Waals surface area contributed by atoms with E-state index in [0.717, 1.165) is 13.0 Å². The normalized spacial score (nSPS) is 12.5. The van der Waals surface area contributed by atoms with Gasteiger partial charge in [-0.1, -0.05) is 102 Å². The molecule has 0 bridgehead atoms. The van der Waals surface area contributed by atoms with Crippen LogP contribution in [0.2, 0.25) is 0 Å². The second-order valence-electron chi connectivity index (χ2n) is 6.58. The standard InChI is InChI=1S/C19H40N2O/c1-3-5-6-7-8-9-10-11-12-13-14-15-16-17-18-20-19(4-2)21-22/h19-20H,3-18H2,1-2H3. The van der Waals surface area contributed by atoms with Crippen LogP contribution in [0.15, 0.2) is 5.18 Å². The minimum absolute atomic E-state index is 0.179. The fourth-order valence-electron chi connectivity index (χ4n) is 2.84. The van der Waals surface area contributed by atoms with Crippen LogP contribution < -0.4 is 5.32 Å². The molecule has 0 rings (SSSR count). The van der Waals surface area contributed by atoms with Gasteiger partial charge in [0.2, 0.25) is 0 Å². The van der Waals surface area contributed by atoms with Crippen molar-refractivity contribution >= 4 is 0 Å². The molecular weight excluding hydrogens is 272 g/mol. The van der Waals surface area contributed by atoms with E-state index in [1.807, 2.05) is 6.92 Å². The second-order valence-corrected chi connectivity index (χ2v) is 6.58. The molecule has 1 atom stereocenters. The summed E-state index contributed by atoms with van der Waals surface area (Å²) in [5.74, 6) is 0. The van der Waals surface area contributed by atoms with E-state index in [4.69, 9.17) is 0 Å². The SMILES string of the molecule is CCCCCCCCCCCCCCCCNC(CC)N=O. The van der Waals surface area contributed by atoms with Crippen LogP contribution in [0.25, 0.3) is 0 Å². The van der Waals surface area contributed by atoms with Crippen LogP contribution in [0.4, 0.5) is 0 Å². The summed E-state index contributed by atoms with van der Waals surface area (Å²) in [7, 11) is 0. The molecule has 1 N–H and O–H groups in total. The van der Waals surface area contributed by atoms with Crippen LogP contribution in [-0.4, -0.2) is 12.7 Å². The molecule has 0 aliphatic carbocycles. The minimum atomic E-state index is -0.179. The second kappa shape index (κ2) is 18.6. The maximum absolute atomic E-state index is 10.4. The van der Waals surface area contributed by atoms with Gasteiger partial charge in [0.1, 0.15) is 6.17 Å². The monoisotopic (exact) mass is 312 g/mol. The van der Waals surface area contributed by atoms with Crippen LogP contribution in [0, 0.1) is 4.91 Å². The zero-order valence-corrected chi connectivity index (χ0v) is 15.2. The Kier molecular flexibility index (Phi) is 18.2. The van der Waals surface area contributed by atoms with Gasteiger partial charge in [-0.3, -0.25) is 5.32 Å². The average Bonchev–Trinajstić information content (AvgIpc) is 2.55. The minimum Gasteiger partial charge on any atom is -0.293 e. The Morgan fingerprint density at radius 1 is 0.682 bits per heavy atom. The van der Waals surface area contributed by atoms with E-state index in [2.05, 4.69) is 17.4 Å². The van der Waals surface area contributed by atoms with E-state index in [1.165, 1.54) is 89.9 Å². The summed E-state index contributed by atoms with van der Waals surface area (Å²) in [5.41, 5.74) is 0. The molecule has 0 saturated heterocycles. The van der Waals surface area contributed by atoms with Gasteiger partial charge < -0.3 is 0 Å². The van der Waals surface area contributed by atoms with Gasteiger partial charge in [0.05, 0.1) is 0 Å². The maximum atomic E-state index is 10.4. The fraction of sp³-hybridized carbons (Fsp3) is 1.00. The summed E-state index contributed by atoms with van der Waals surface area (Å²) in [6.45, 7) is 5.20. The van der Waals surface area contributed by atoms with Crippen molar-refractivity contribution in [3.05, 3.63) is 4.91 Å². The van der Waals surface area contributed by atoms with Crippen LogP contribution >= 0.6 is 0 Å². The molecule has 3 heteroatoms. The Morgan fingerprint density at radius 2 is 1.09 bits per heavy atom. The van der Waals surface area contributed by atoms with Crippen molar-refractivity contribution < 1.29 is 0 Å². The predicted octanol–water partition coefficient (Wildman–Crippen LogP) is 6.56. The van der Waals surface area contributed by atoms with Crippen LogP contribution in [0.1, 0.15) is 110 Å². The van der Waals surface area contributed by atoms with Crippen molar-refractivity contribution in [2.24, 2.45) is 5.18 Å². The van der Waals surface area contributed by atoms with Crippen molar-refractivity contribution in [1.29, 1.82) is 0 Å². The van der Waals surface area contributed by atoms with Crippen molar-refractivity contribution in [2.75, 3.05) is 6.54 Å². The van der Waals surface area contributed by atoms with Crippen LogP contribution in [-0.2, 0) is 0 Å². The molecular formula is C19H40N2O. The summed E-state index contributed by atoms with van der Waals surface area (Å²) in [6.07, 6.45) is 20.0. The molecule has 132 valence electrons. The van der Waals surface area contributed by atoms with Gasteiger partial charge in [-0.25, -0.2) is 0 Å². The molecule has 0 aliphatic heterocycles. The highest BCUT2D eigenvalue weighted by Crippen LogP contribution is 2.12. The lowest BCUT2D eigenvalue weighted by Gasteiger charge is -2.08. The van der Waals surface area contributed by atoms with Crippen molar-refractivity contribution in [1.82, 2.24) is 5.32 Å². The van der Waals surface area contributed by atoms with E-state index in [1.54, 1.807) is 0 Å². The number of hydrogen-bond acceptors (Lipinski definition) is 3. The summed E-state index contributed by atoms with van der Waals surface area (Å²) in [6, 6.07) is 0. The molecule has 22 heavy (non-hydrogen) atoms. The molecule has 0 aliphatic rings. The first-order valence-corrected chi connectivity index (χ1v) is 9.91. The van der Waals surface area contributed by atoms with Gasteiger partial charge in [-0.15, -0.1) is 4.91 Å². The Hall–Kier alpha value is -0.440. The number of hydrogen-bond donors (Lipinski definition) is 1. The number of nitrogens with one attached hydrogen (secondary N) is 1. The Morgan fingerprint density at radius 3 is 1.45 bits per heavy atom. The lowest BCUT2D eigenvalue weighted by atomic mass is 10.0. The summed E-state index contributed by atoms with van der Waals surface area (Å²) >= 11 is 0. The molecule has 0 aromatic rings. The van der Waals surface area contributed by atoms with Gasteiger partial charge in [0.25, 0.3) is 0 Å². The molecule has 0 radical (unpaired) electrons. The highest BCUT2D eigenvalue weighted by Gasteiger charge is 2.02. The van der Waals surface area contributed by atoms with Gasteiger partial charge in [-0.2, -0.15) is 0 Å². The quantitative estimate of drug-likeness (QED) is 0.230. The lowest BCUT2D eigenvalue weighted by Crippen LogP contribution is -2.26. The van der Waals surface area contributed by atoms with Crippen molar-refractivity contribution in [3.8, 4) is 0 Å². The zero-order valence-electron chi connectivity index (χ0n) is 15.2. The Bertz CT molecular complexity index is 221. The van der Waals surface area contributed by atoms with E-state index in [-0.39, 0.29) is 6.17 Å². The largest absolute Gasteiger partial charge is 0.293 e. The number of nitroso groups, excluding NO2 is 1. The lowest BCUT2D eigenvalue weighted by molar-refractivity contribution is 0.485. The number of rotatable bonds is 18. The molecule has 0 heterocycles. The van der Waals surface area contributed by atoms with Gasteiger partial charge in [0, 0.05) is 0 Å². The molecule has 0 saturated carbocycles. The first-order valence-electron chi connectivity index (χ1n) is 9.91. The van der Waals surface area contributed by atoms with Crippen molar-refractivity contribution in [3.63, 3.8) is 0 Å². The summed E-state index contributed by atoms with van der Waals surface area (Å²) in [4.78, 5) is 10.4. The predicted molar refractivity (Wildman–Crippen MR) is 98.2 cm³/mol. The van der Waals surface area contributed by atoms with Crippen molar-refractivity contribution in [2.45, 2.75) is 116 Å². The highest BCUT2D eigenvalue weighted by atomic mass is 16.3. The number of unbranched alkanes of at least 4 members (excludes halogenated alkanes) is 13. The maximum Gasteiger partial charge on any atom is 0.142 e. The fourth-order valence-corrected chi connectivity index (χ4v) is 2.84. The average molecular weight is 313 g/mol. The molecule has 0 fully saturated rings. The molecule has 0 aromatic carbocycles. The highest BCUT2D eigenvalue weighted by molar-refractivity contribution is 4.60. The third kappa shape index (κ3) is 15.9. The van der Waals surface area contributed by atoms with Gasteiger partial charge >= 0.3 is 0 Å². The van der Waals surface area contributed by atoms with E-state index in [9.17, 15) is 4.91 Å². The Labute approximate surface area is 139 Å². The molecule has 1 unspecified atom stereocenters. The van der Waals surface area contributed by atoms with E-state index in [0.29, 0.717) is 0 Å². The molecule has 3 nitrogen and oxygen atoms in total. The van der Waals surface area contributed by atoms with Crippen LogP contribution in [0.3, 0.4) is 0 Å². The van der Waals surface area contributed by atoms with Crippen LogP contribution in [0.5, 0.6) is 0 Å². The zero-order chi connectivity index (χ0) is 16.3. The van der Waals surface area contributed by atoms with E-state index < -0.39 is 0 Å². The van der Waals surface area contributed by atoms with Gasteiger partial charge in [-0.05, 0) is 19.4 Å². The molecule has 0 spiro atoms. The summed E-state index contributed by atoms with van der Waals surface area (Å²) in [5, 5.41) is 6.23. The Balaban J connectivity index is 3.04. The third-order valence-electron chi connectivity index (χ3n) is 4.42. The smallest absolute Gasteiger partial charge is 0.142 e. The first kappa shape index (κ1) is 21.6. The first-order chi connectivity index (χ1) is 10.8.